The molecular formula is C17H27N3O. The first-order valence-corrected chi connectivity index (χ1v) is 8.26. The number of pyridine rings is 1. The Morgan fingerprint density at radius 1 is 1.38 bits per heavy atom. The van der Waals surface area contributed by atoms with Crippen molar-refractivity contribution in [3.05, 3.63) is 29.6 Å². The molecule has 0 radical (unpaired) electrons. The zero-order chi connectivity index (χ0) is 14.7. The molecule has 1 saturated heterocycles. The summed E-state index contributed by atoms with van der Waals surface area (Å²) in [5.41, 5.74) is 5.45. The Balaban J connectivity index is 1.79. The van der Waals surface area contributed by atoms with E-state index in [0.29, 0.717) is 5.92 Å². The maximum absolute atomic E-state index is 6.21. The van der Waals surface area contributed by atoms with Gasteiger partial charge in [0, 0.05) is 12.8 Å². The van der Waals surface area contributed by atoms with Gasteiger partial charge >= 0.3 is 0 Å². The van der Waals surface area contributed by atoms with E-state index < -0.39 is 0 Å². The highest BCUT2D eigenvalue weighted by Gasteiger charge is 2.41. The molecule has 2 fully saturated rings. The number of hydrogen-bond donors (Lipinski definition) is 2. The molecule has 1 saturated carbocycles. The Bertz CT molecular complexity index is 465. The summed E-state index contributed by atoms with van der Waals surface area (Å²) in [6, 6.07) is 4.23. The van der Waals surface area contributed by atoms with Crippen molar-refractivity contribution in [2.75, 3.05) is 6.61 Å². The molecule has 4 nitrogen and oxygen atoms in total. The van der Waals surface area contributed by atoms with E-state index in [0.717, 1.165) is 25.1 Å². The van der Waals surface area contributed by atoms with E-state index in [9.17, 15) is 0 Å². The van der Waals surface area contributed by atoms with Crippen molar-refractivity contribution in [3.63, 3.8) is 0 Å². The fourth-order valence-electron chi connectivity index (χ4n) is 4.16. The molecule has 3 N–H and O–H groups in total. The molecule has 2 aliphatic rings. The summed E-state index contributed by atoms with van der Waals surface area (Å²) in [5, 5.41) is 0. The van der Waals surface area contributed by atoms with Gasteiger partial charge < -0.3 is 4.74 Å². The van der Waals surface area contributed by atoms with Crippen LogP contribution in [0, 0.1) is 12.8 Å². The van der Waals surface area contributed by atoms with Crippen molar-refractivity contribution in [3.8, 4) is 0 Å². The molecule has 4 heteroatoms. The van der Waals surface area contributed by atoms with Gasteiger partial charge in [-0.2, -0.15) is 0 Å². The SMILES string of the molecule is Cc1cccnc1C(NN)C1CCOC2(CCCCC2)C1. The number of nitrogens with zero attached hydrogens (tertiary/aromatic N) is 1. The Hall–Kier alpha value is -0.970. The van der Waals surface area contributed by atoms with Gasteiger partial charge in [0.25, 0.3) is 0 Å². The molecule has 0 amide bonds. The Labute approximate surface area is 127 Å². The summed E-state index contributed by atoms with van der Waals surface area (Å²) >= 11 is 0. The summed E-state index contributed by atoms with van der Waals surface area (Å²) in [6.45, 7) is 2.97. The predicted molar refractivity (Wildman–Crippen MR) is 83.5 cm³/mol. The highest BCUT2D eigenvalue weighted by molar-refractivity contribution is 5.22. The molecule has 116 valence electrons. The highest BCUT2D eigenvalue weighted by Crippen LogP contribution is 2.44. The Kier molecular flexibility index (Phi) is 4.57. The fourth-order valence-corrected chi connectivity index (χ4v) is 4.16. The normalized spacial score (nSPS) is 26.7. The number of nitrogens with one attached hydrogen (secondary N) is 1. The Morgan fingerprint density at radius 3 is 2.90 bits per heavy atom. The molecular weight excluding hydrogens is 262 g/mol. The lowest BCUT2D eigenvalue weighted by molar-refractivity contribution is -0.122. The molecule has 1 spiro atoms. The average Bonchev–Trinajstić information content (AvgIpc) is 2.51. The lowest BCUT2D eigenvalue weighted by Gasteiger charge is -2.45. The van der Waals surface area contributed by atoms with Crippen LogP contribution in [0.15, 0.2) is 18.3 Å². The van der Waals surface area contributed by atoms with Gasteiger partial charge in [-0.3, -0.25) is 16.3 Å². The summed E-state index contributed by atoms with van der Waals surface area (Å²) in [5.74, 6) is 6.40. The van der Waals surface area contributed by atoms with E-state index in [1.54, 1.807) is 0 Å². The van der Waals surface area contributed by atoms with Crippen molar-refractivity contribution in [2.45, 2.75) is 63.5 Å². The number of rotatable bonds is 3. The molecule has 2 atom stereocenters. The monoisotopic (exact) mass is 289 g/mol. The second-order valence-electron chi connectivity index (χ2n) is 6.69. The largest absolute Gasteiger partial charge is 0.375 e. The van der Waals surface area contributed by atoms with Crippen molar-refractivity contribution >= 4 is 0 Å². The van der Waals surface area contributed by atoms with E-state index in [2.05, 4.69) is 23.4 Å². The molecule has 2 heterocycles. The van der Waals surface area contributed by atoms with Crippen molar-refractivity contribution in [1.82, 2.24) is 10.4 Å². The highest BCUT2D eigenvalue weighted by atomic mass is 16.5. The first-order chi connectivity index (χ1) is 10.2. The third-order valence-electron chi connectivity index (χ3n) is 5.29. The lowest BCUT2D eigenvalue weighted by Crippen LogP contribution is -2.46. The van der Waals surface area contributed by atoms with Gasteiger partial charge in [0.15, 0.2) is 0 Å². The van der Waals surface area contributed by atoms with E-state index >= 15 is 0 Å². The molecule has 2 unspecified atom stereocenters. The maximum Gasteiger partial charge on any atom is 0.0686 e. The number of hydrazine groups is 1. The van der Waals surface area contributed by atoms with Crippen LogP contribution in [0.25, 0.3) is 0 Å². The molecule has 1 aromatic rings. The number of nitrogens with two attached hydrogens (primary N) is 1. The summed E-state index contributed by atoms with van der Waals surface area (Å²) in [4.78, 5) is 4.57. The minimum Gasteiger partial charge on any atom is -0.375 e. The average molecular weight is 289 g/mol. The van der Waals surface area contributed by atoms with Crippen LogP contribution in [0.3, 0.4) is 0 Å². The van der Waals surface area contributed by atoms with Gasteiger partial charge in [0.1, 0.15) is 0 Å². The number of ether oxygens (including phenoxy) is 1. The first-order valence-electron chi connectivity index (χ1n) is 8.26. The van der Waals surface area contributed by atoms with Crippen LogP contribution in [0.1, 0.15) is 62.2 Å². The van der Waals surface area contributed by atoms with Crippen molar-refractivity contribution < 1.29 is 4.74 Å². The van der Waals surface area contributed by atoms with Gasteiger partial charge in [-0.1, -0.05) is 25.3 Å². The van der Waals surface area contributed by atoms with Crippen LogP contribution < -0.4 is 11.3 Å². The standard InChI is InChI=1S/C17H27N3O/c1-13-6-5-10-19-15(13)16(20-18)14-7-11-21-17(12-14)8-3-2-4-9-17/h5-6,10,14,16,20H,2-4,7-9,11-12,18H2,1H3. The second-order valence-corrected chi connectivity index (χ2v) is 6.69. The summed E-state index contributed by atoms with van der Waals surface area (Å²) in [6.07, 6.45) is 10.4. The molecule has 0 aromatic carbocycles. The Morgan fingerprint density at radius 2 is 2.19 bits per heavy atom. The van der Waals surface area contributed by atoms with Gasteiger partial charge in [-0.15, -0.1) is 0 Å². The van der Waals surface area contributed by atoms with Crippen LogP contribution in [0.4, 0.5) is 0 Å². The molecule has 0 bridgehead atoms. The van der Waals surface area contributed by atoms with Crippen LogP contribution in [-0.4, -0.2) is 17.2 Å². The molecule has 3 rings (SSSR count). The molecule has 1 aromatic heterocycles. The number of aryl methyl sites for hydroxylation is 1. The van der Waals surface area contributed by atoms with Gasteiger partial charge in [-0.25, -0.2) is 0 Å². The predicted octanol–water partition coefficient (Wildman–Crippen LogP) is 3.02. The summed E-state index contributed by atoms with van der Waals surface area (Å²) < 4.78 is 6.21. The van der Waals surface area contributed by atoms with Crippen molar-refractivity contribution in [1.29, 1.82) is 0 Å². The second kappa shape index (κ2) is 6.42. The minimum absolute atomic E-state index is 0.110. The number of hydrogen-bond acceptors (Lipinski definition) is 4. The van der Waals surface area contributed by atoms with Crippen LogP contribution in [0.5, 0.6) is 0 Å². The van der Waals surface area contributed by atoms with Crippen LogP contribution in [0.2, 0.25) is 0 Å². The molecule has 21 heavy (non-hydrogen) atoms. The van der Waals surface area contributed by atoms with E-state index in [1.807, 2.05) is 12.3 Å². The van der Waals surface area contributed by atoms with E-state index in [-0.39, 0.29) is 11.6 Å². The topological polar surface area (TPSA) is 60.2 Å². The number of aromatic nitrogens is 1. The maximum atomic E-state index is 6.21. The van der Waals surface area contributed by atoms with Gasteiger partial charge in [-0.05, 0) is 50.2 Å². The molecule has 1 aliphatic carbocycles. The van der Waals surface area contributed by atoms with Crippen LogP contribution in [-0.2, 0) is 4.74 Å². The van der Waals surface area contributed by atoms with E-state index in [1.165, 1.54) is 37.7 Å². The lowest BCUT2D eigenvalue weighted by atomic mass is 9.73. The van der Waals surface area contributed by atoms with E-state index in [4.69, 9.17) is 10.6 Å². The fraction of sp³-hybridized carbons (Fsp3) is 0.706. The quantitative estimate of drug-likeness (QED) is 0.663. The first kappa shape index (κ1) is 14.9. The van der Waals surface area contributed by atoms with Crippen LogP contribution >= 0.6 is 0 Å². The zero-order valence-corrected chi connectivity index (χ0v) is 13.0. The third kappa shape index (κ3) is 3.12. The van der Waals surface area contributed by atoms with Crippen molar-refractivity contribution in [2.24, 2.45) is 11.8 Å². The minimum atomic E-state index is 0.110. The zero-order valence-electron chi connectivity index (χ0n) is 13.0. The van der Waals surface area contributed by atoms with Gasteiger partial charge in [0.2, 0.25) is 0 Å². The third-order valence-corrected chi connectivity index (χ3v) is 5.29. The smallest absolute Gasteiger partial charge is 0.0686 e. The van der Waals surface area contributed by atoms with Gasteiger partial charge in [0.05, 0.1) is 17.3 Å². The summed E-state index contributed by atoms with van der Waals surface area (Å²) in [7, 11) is 0. The molecule has 1 aliphatic heterocycles.